The van der Waals surface area contributed by atoms with Gasteiger partial charge in [-0.2, -0.15) is 4.99 Å². The molecule has 2 N–H and O–H groups in total. The molecule has 0 spiro atoms. The number of aliphatic imine (C=N–C) groups is 2. The number of amidine groups is 2. The maximum absolute atomic E-state index is 14.5. The van der Waals surface area contributed by atoms with Crippen LogP contribution >= 0.6 is 0 Å². The number of nitrogens with one attached hydrogen (secondary N) is 2. The average molecular weight is 610 g/mol. The highest BCUT2D eigenvalue weighted by atomic mass is 19.1. The lowest BCUT2D eigenvalue weighted by molar-refractivity contribution is -0.145. The quantitative estimate of drug-likeness (QED) is 0.332. The largest absolute Gasteiger partial charge is 0.494 e. The molecule has 44 heavy (non-hydrogen) atoms. The number of methoxy groups -OCH3 is 2. The monoisotopic (exact) mass is 609 g/mol. The summed E-state index contributed by atoms with van der Waals surface area (Å²) in [5, 5.41) is 6.77. The second-order valence-corrected chi connectivity index (χ2v) is 12.1. The molecule has 0 saturated heterocycles. The topological polar surface area (TPSA) is 94.0 Å². The molecule has 240 valence electrons. The van der Waals surface area contributed by atoms with Crippen LogP contribution in [0.5, 0.6) is 5.75 Å². The zero-order chi connectivity index (χ0) is 31.9. The van der Waals surface area contributed by atoms with Crippen LogP contribution in [-0.2, 0) is 9.53 Å². The van der Waals surface area contributed by atoms with Gasteiger partial charge < -0.3 is 29.9 Å². The zero-order valence-corrected chi connectivity index (χ0v) is 27.2. The first kappa shape index (κ1) is 33.4. The molecule has 4 unspecified atom stereocenters. The van der Waals surface area contributed by atoms with Crippen molar-refractivity contribution in [3.8, 4) is 17.7 Å². The number of carbonyl (C=O) groups is 1. The Morgan fingerprint density at radius 2 is 2.11 bits per heavy atom. The lowest BCUT2D eigenvalue weighted by Gasteiger charge is -2.44. The van der Waals surface area contributed by atoms with Gasteiger partial charge in [0.1, 0.15) is 6.04 Å². The summed E-state index contributed by atoms with van der Waals surface area (Å²) in [5.41, 5.74) is 0.264. The predicted octanol–water partition coefficient (Wildman–Crippen LogP) is 3.23. The van der Waals surface area contributed by atoms with Gasteiger partial charge in [-0.15, -0.1) is 0 Å². The van der Waals surface area contributed by atoms with Crippen LogP contribution in [0.3, 0.4) is 0 Å². The Balaban J connectivity index is 1.34. The van der Waals surface area contributed by atoms with Crippen LogP contribution in [0.4, 0.5) is 4.39 Å². The minimum absolute atomic E-state index is 0.112. The molecular weight excluding hydrogens is 561 g/mol. The maximum Gasteiger partial charge on any atom is 0.228 e. The van der Waals surface area contributed by atoms with Crippen LogP contribution in [0.1, 0.15) is 51.6 Å². The van der Waals surface area contributed by atoms with Gasteiger partial charge in [0, 0.05) is 70.2 Å². The highest BCUT2D eigenvalue weighted by Gasteiger charge is 2.45. The van der Waals surface area contributed by atoms with Gasteiger partial charge in [0.2, 0.25) is 5.91 Å². The summed E-state index contributed by atoms with van der Waals surface area (Å²) in [6, 6.07) is 7.47. The first-order valence-electron chi connectivity index (χ1n) is 15.5. The number of carbonyl (C=O) groups excluding carboxylic acids is 1. The number of ether oxygens (including phenoxy) is 2. The van der Waals surface area contributed by atoms with E-state index in [1.54, 1.807) is 19.4 Å². The Morgan fingerprint density at radius 3 is 2.77 bits per heavy atom. The highest BCUT2D eigenvalue weighted by Crippen LogP contribution is 2.42. The molecule has 1 aromatic rings. The van der Waals surface area contributed by atoms with E-state index in [4.69, 9.17) is 9.47 Å². The molecule has 1 fully saturated rings. The van der Waals surface area contributed by atoms with E-state index in [9.17, 15) is 9.18 Å². The van der Waals surface area contributed by atoms with E-state index in [1.807, 2.05) is 36.2 Å². The number of halogens is 1. The second-order valence-electron chi connectivity index (χ2n) is 12.1. The SMILES string of the molecule is CCN(CCN(C)C(=O)C1(C)CC[C@H](NC2=NC=CN3C2=NC#CC3c2ccc(OC)c(F)c2)CC1C)CC(CNC)OC. The van der Waals surface area contributed by atoms with Crippen LogP contribution in [0.15, 0.2) is 40.6 Å². The lowest BCUT2D eigenvalue weighted by atomic mass is 9.66. The van der Waals surface area contributed by atoms with Crippen LogP contribution < -0.4 is 15.4 Å². The second kappa shape index (κ2) is 15.0. The number of rotatable bonds is 13. The van der Waals surface area contributed by atoms with Crippen LogP contribution in [0.25, 0.3) is 0 Å². The van der Waals surface area contributed by atoms with E-state index in [0.717, 1.165) is 45.4 Å². The van der Waals surface area contributed by atoms with Gasteiger partial charge in [0.05, 0.1) is 13.2 Å². The third kappa shape index (κ3) is 7.42. The van der Waals surface area contributed by atoms with Crippen molar-refractivity contribution in [3.05, 3.63) is 42.0 Å². The number of benzene rings is 1. The number of hydrogen-bond donors (Lipinski definition) is 2. The standard InChI is InChI=1S/C33H48FN7O3/c1-8-40(22-26(43-6)21-35-4)18-17-39(5)32(42)33(3)13-11-25(19-23(33)2)38-30-31-37-14-12-28(41(31)16-15-36-30)24-9-10-29(44-7)27(34)20-24/h9-10,15-16,20,23,25-26,28,35H,8,11,13,17-19,21-22H2,1-7H3,(H,36,38)/t23?,25-,26?,28?,33?/m0/s1. The van der Waals surface area contributed by atoms with E-state index >= 15 is 0 Å². The molecular formula is C33H48FN7O3. The fourth-order valence-corrected chi connectivity index (χ4v) is 6.28. The maximum atomic E-state index is 14.5. The van der Waals surface area contributed by atoms with Crippen molar-refractivity contribution in [2.24, 2.45) is 21.3 Å². The molecule has 0 radical (unpaired) electrons. The summed E-state index contributed by atoms with van der Waals surface area (Å²) < 4.78 is 25.2. The van der Waals surface area contributed by atoms with Crippen molar-refractivity contribution in [1.29, 1.82) is 0 Å². The fraction of sp³-hybridized carbons (Fsp3) is 0.606. The number of likely N-dealkylation sites (N-methyl/N-ethyl adjacent to an activating group) is 3. The lowest BCUT2D eigenvalue weighted by Crippen LogP contribution is -2.53. The van der Waals surface area contributed by atoms with Crippen molar-refractivity contribution in [3.63, 3.8) is 0 Å². The van der Waals surface area contributed by atoms with Crippen molar-refractivity contribution in [1.82, 2.24) is 25.3 Å². The fourth-order valence-electron chi connectivity index (χ4n) is 6.28. The van der Waals surface area contributed by atoms with Crippen molar-refractivity contribution in [2.75, 3.05) is 61.0 Å². The minimum atomic E-state index is -0.442. The Bertz CT molecular complexity index is 1320. The first-order chi connectivity index (χ1) is 21.1. The Labute approximate surface area is 261 Å². The van der Waals surface area contributed by atoms with Crippen molar-refractivity contribution >= 4 is 17.6 Å². The molecule has 2 aliphatic heterocycles. The number of amides is 1. The number of hydrogen-bond acceptors (Lipinski definition) is 9. The molecule has 1 saturated carbocycles. The molecule has 0 aromatic heterocycles. The molecule has 3 aliphatic rings. The van der Waals surface area contributed by atoms with Gasteiger partial charge in [-0.05, 0) is 62.4 Å². The van der Waals surface area contributed by atoms with Gasteiger partial charge in [0.15, 0.2) is 23.2 Å². The van der Waals surface area contributed by atoms with Gasteiger partial charge in [0.25, 0.3) is 0 Å². The third-order valence-corrected chi connectivity index (χ3v) is 9.36. The Morgan fingerprint density at radius 1 is 1.32 bits per heavy atom. The molecule has 4 rings (SSSR count). The molecule has 0 bridgehead atoms. The summed E-state index contributed by atoms with van der Waals surface area (Å²) in [6.45, 7) is 10.4. The summed E-state index contributed by atoms with van der Waals surface area (Å²) in [4.78, 5) is 29.0. The summed E-state index contributed by atoms with van der Waals surface area (Å²) in [6.07, 6.45) is 6.06. The molecule has 1 amide bonds. The molecule has 1 aliphatic carbocycles. The number of nitrogens with zero attached hydrogens (tertiary/aromatic N) is 5. The summed E-state index contributed by atoms with van der Waals surface area (Å²) >= 11 is 0. The van der Waals surface area contributed by atoms with E-state index in [2.05, 4.69) is 58.3 Å². The van der Waals surface area contributed by atoms with E-state index in [1.165, 1.54) is 13.2 Å². The predicted molar refractivity (Wildman–Crippen MR) is 172 cm³/mol. The normalized spacial score (nSPS) is 24.9. The zero-order valence-electron chi connectivity index (χ0n) is 27.2. The van der Waals surface area contributed by atoms with E-state index in [0.29, 0.717) is 23.8 Å². The molecule has 1 aromatic carbocycles. The van der Waals surface area contributed by atoms with Gasteiger partial charge in [-0.25, -0.2) is 9.38 Å². The van der Waals surface area contributed by atoms with Crippen LogP contribution in [0.2, 0.25) is 0 Å². The number of fused-ring (bicyclic) bond motifs is 1. The Hall–Kier alpha value is -3.46. The van der Waals surface area contributed by atoms with Gasteiger partial charge >= 0.3 is 0 Å². The molecule has 11 heteroatoms. The van der Waals surface area contributed by atoms with Gasteiger partial charge in [-0.1, -0.05) is 26.8 Å². The first-order valence-corrected chi connectivity index (χ1v) is 15.5. The van der Waals surface area contributed by atoms with E-state index < -0.39 is 17.3 Å². The smallest absolute Gasteiger partial charge is 0.228 e. The summed E-state index contributed by atoms with van der Waals surface area (Å²) in [7, 11) is 7.03. The third-order valence-electron chi connectivity index (χ3n) is 9.36. The minimum Gasteiger partial charge on any atom is -0.494 e. The summed E-state index contributed by atoms with van der Waals surface area (Å²) in [5.74, 6) is 4.46. The molecule has 2 heterocycles. The average Bonchev–Trinajstić information content (AvgIpc) is 3.03. The van der Waals surface area contributed by atoms with E-state index in [-0.39, 0.29) is 29.7 Å². The Kier molecular flexibility index (Phi) is 11.4. The van der Waals surface area contributed by atoms with Crippen molar-refractivity contribution in [2.45, 2.75) is 58.2 Å². The van der Waals surface area contributed by atoms with Gasteiger partial charge in [-0.3, -0.25) is 9.69 Å². The highest BCUT2D eigenvalue weighted by molar-refractivity contribution is 6.41. The molecule has 5 atom stereocenters. The van der Waals surface area contributed by atoms with Crippen molar-refractivity contribution < 1.29 is 18.7 Å². The van der Waals surface area contributed by atoms with Crippen LogP contribution in [-0.4, -0.2) is 105 Å². The van der Waals surface area contributed by atoms with Crippen LogP contribution in [0, 0.1) is 29.1 Å². The molecule has 10 nitrogen and oxygen atoms in total.